The van der Waals surface area contributed by atoms with Crippen molar-refractivity contribution in [3.8, 4) is 0 Å². The van der Waals surface area contributed by atoms with Crippen LogP contribution in [-0.2, 0) is 19.2 Å². The second-order valence-electron chi connectivity index (χ2n) is 10.6. The molecule has 254 valence electrons. The van der Waals surface area contributed by atoms with Crippen molar-refractivity contribution >= 4 is 35.6 Å². The van der Waals surface area contributed by atoms with Gasteiger partial charge in [0.2, 0.25) is 23.6 Å². The van der Waals surface area contributed by atoms with Gasteiger partial charge in [0.15, 0.2) is 0 Å². The van der Waals surface area contributed by atoms with Crippen molar-refractivity contribution in [2.24, 2.45) is 5.92 Å². The molecule has 1 saturated carbocycles. The van der Waals surface area contributed by atoms with E-state index in [0.717, 1.165) is 57.5 Å². The normalized spacial score (nSPS) is 16.4. The highest BCUT2D eigenvalue weighted by Crippen LogP contribution is 2.31. The van der Waals surface area contributed by atoms with Crippen molar-refractivity contribution in [2.45, 2.75) is 131 Å². The summed E-state index contributed by atoms with van der Waals surface area (Å²) < 4.78 is 2.73. The summed E-state index contributed by atoms with van der Waals surface area (Å²) in [4.78, 5) is 52.4. The van der Waals surface area contributed by atoms with Gasteiger partial charge >= 0.3 is 0 Å². The molecule has 1 atom stereocenters. The first kappa shape index (κ1) is 43.6. The lowest BCUT2D eigenvalue weighted by atomic mass is 10.1. The molecular weight excluding hydrogens is 572 g/mol. The molecule has 3 aliphatic rings. The molecule has 0 spiro atoms. The van der Waals surface area contributed by atoms with Gasteiger partial charge in [0, 0.05) is 37.7 Å². The Balaban J connectivity index is 0. The minimum atomic E-state index is -0.540. The van der Waals surface area contributed by atoms with E-state index < -0.39 is 6.04 Å². The first-order valence-electron chi connectivity index (χ1n) is 17.1. The number of likely N-dealkylation sites (tertiary alicyclic amines) is 2. The summed E-state index contributed by atoms with van der Waals surface area (Å²) >= 11 is 1.41. The van der Waals surface area contributed by atoms with Gasteiger partial charge in [-0.3, -0.25) is 23.9 Å². The average molecular weight is 637 g/mol. The molecule has 3 fully saturated rings. The minimum Gasteiger partial charge on any atom is -0.345 e. The summed E-state index contributed by atoms with van der Waals surface area (Å²) in [5.41, 5.74) is 0. The number of rotatable bonds is 8. The van der Waals surface area contributed by atoms with Crippen LogP contribution < -0.4 is 10.0 Å². The van der Waals surface area contributed by atoms with Crippen molar-refractivity contribution in [1.29, 1.82) is 0 Å². The van der Waals surface area contributed by atoms with Crippen LogP contribution in [0.1, 0.15) is 120 Å². The third-order valence-corrected chi connectivity index (χ3v) is 7.24. The molecule has 1 aromatic rings. The number of nitrogens with one attached hydrogen (secondary N) is 2. The van der Waals surface area contributed by atoms with Gasteiger partial charge in [-0.2, -0.15) is 0 Å². The van der Waals surface area contributed by atoms with Gasteiger partial charge in [-0.25, -0.2) is 0 Å². The summed E-state index contributed by atoms with van der Waals surface area (Å²) in [5, 5.41) is 3.15. The predicted octanol–water partition coefficient (Wildman–Crippen LogP) is 7.24. The Morgan fingerprint density at radius 3 is 1.66 bits per heavy atom. The Kier molecular flexibility index (Phi) is 28.9. The highest BCUT2D eigenvalue weighted by molar-refractivity contribution is 7.98. The predicted molar refractivity (Wildman–Crippen MR) is 187 cm³/mol. The number of amides is 4. The Morgan fingerprint density at radius 2 is 1.18 bits per heavy atom. The molecular formula is C35H64N4O4S. The number of hydrogen-bond donors (Lipinski definition) is 2. The average Bonchev–Trinajstić information content (AvgIpc) is 3.78. The van der Waals surface area contributed by atoms with Crippen LogP contribution in [0, 0.1) is 5.92 Å². The van der Waals surface area contributed by atoms with E-state index in [1.807, 2.05) is 82.8 Å². The molecule has 0 bridgehead atoms. The topological polar surface area (TPSA) is 98.8 Å². The fourth-order valence-corrected chi connectivity index (χ4v) is 4.78. The van der Waals surface area contributed by atoms with Crippen LogP contribution in [0.25, 0.3) is 0 Å². The maximum Gasteiger partial charge on any atom is 0.249 e. The molecule has 2 heterocycles. The van der Waals surface area contributed by atoms with E-state index in [4.69, 9.17) is 0 Å². The van der Waals surface area contributed by atoms with Gasteiger partial charge in [0.05, 0.1) is 6.54 Å². The quantitative estimate of drug-likeness (QED) is 0.293. The van der Waals surface area contributed by atoms with Crippen molar-refractivity contribution in [3.05, 3.63) is 36.4 Å². The van der Waals surface area contributed by atoms with Gasteiger partial charge in [-0.15, -0.1) is 0 Å². The van der Waals surface area contributed by atoms with Crippen LogP contribution in [0.2, 0.25) is 0 Å². The lowest BCUT2D eigenvalue weighted by molar-refractivity contribution is -0.141. The van der Waals surface area contributed by atoms with E-state index in [1.54, 1.807) is 4.90 Å². The summed E-state index contributed by atoms with van der Waals surface area (Å²) in [6, 6.07) is 11.5. The van der Waals surface area contributed by atoms with Crippen LogP contribution >= 0.6 is 11.9 Å². The van der Waals surface area contributed by atoms with E-state index in [-0.39, 0.29) is 43.0 Å². The molecule has 1 aliphatic carbocycles. The summed E-state index contributed by atoms with van der Waals surface area (Å²) in [6.07, 6.45) is 7.14. The molecule has 2 N–H and O–H groups in total. The van der Waals surface area contributed by atoms with Crippen LogP contribution in [0.15, 0.2) is 36.4 Å². The number of benzene rings is 1. The fourth-order valence-electron chi connectivity index (χ4n) is 4.04. The summed E-state index contributed by atoms with van der Waals surface area (Å²) in [7, 11) is 0. The van der Waals surface area contributed by atoms with E-state index in [0.29, 0.717) is 18.2 Å². The third-order valence-electron chi connectivity index (χ3n) is 6.09. The highest BCUT2D eigenvalue weighted by Gasteiger charge is 2.34. The molecule has 2 aliphatic heterocycles. The van der Waals surface area contributed by atoms with Gasteiger partial charge < -0.3 is 15.1 Å². The van der Waals surface area contributed by atoms with Gasteiger partial charge in [-0.1, -0.05) is 98.7 Å². The zero-order chi connectivity index (χ0) is 33.8. The standard InChI is InChI=1S/C19H30N4O4S.C6H6.C4H10.3C2H6/c24-16(21-28-14-6-7-14)13-20-19(27)15-5-4-12-23(15)18(26)9-8-17(25)22-10-2-1-3-11-22;1-2-4-6-5-3-1;1-4(2)3;3*1-2/h14-15H,1-13H2,(H,20,27)(H,21,24);1-6H;4H,1-3H3;3*1-2H3/t15-;;;;;/m0...../s1. The first-order chi connectivity index (χ1) is 21.3. The molecule has 1 aromatic carbocycles. The summed E-state index contributed by atoms with van der Waals surface area (Å²) in [6.45, 7) is 20.5. The Hall–Kier alpha value is -2.55. The smallest absolute Gasteiger partial charge is 0.249 e. The molecule has 2 saturated heterocycles. The van der Waals surface area contributed by atoms with Crippen molar-refractivity contribution in [2.75, 3.05) is 26.2 Å². The van der Waals surface area contributed by atoms with Crippen LogP contribution in [-0.4, -0.2) is 70.9 Å². The van der Waals surface area contributed by atoms with Gasteiger partial charge in [0.1, 0.15) is 6.04 Å². The SMILES string of the molecule is CC.CC.CC.CC(C)C.O=C(CNC(=O)[C@@H]1CCCN1C(=O)CCC(=O)N1CCCCC1)NSC1CC1.c1ccccc1. The number of carbonyl (C=O) groups is 4. The Labute approximate surface area is 274 Å². The van der Waals surface area contributed by atoms with Crippen molar-refractivity contribution in [3.63, 3.8) is 0 Å². The maximum absolute atomic E-state index is 12.6. The molecule has 0 unspecified atom stereocenters. The van der Waals surface area contributed by atoms with E-state index in [1.165, 1.54) is 11.9 Å². The molecule has 44 heavy (non-hydrogen) atoms. The lowest BCUT2D eigenvalue weighted by Crippen LogP contribution is -2.48. The number of carbonyl (C=O) groups excluding carboxylic acids is 4. The van der Waals surface area contributed by atoms with Crippen molar-refractivity contribution < 1.29 is 19.2 Å². The van der Waals surface area contributed by atoms with Gasteiger partial charge in [-0.05, 0) is 62.8 Å². The first-order valence-corrected chi connectivity index (χ1v) is 17.9. The maximum atomic E-state index is 12.6. The van der Waals surface area contributed by atoms with E-state index in [2.05, 4.69) is 30.8 Å². The second-order valence-corrected chi connectivity index (χ2v) is 11.7. The highest BCUT2D eigenvalue weighted by atomic mass is 32.2. The molecule has 8 nitrogen and oxygen atoms in total. The van der Waals surface area contributed by atoms with Crippen LogP contribution in [0.5, 0.6) is 0 Å². The Morgan fingerprint density at radius 1 is 0.705 bits per heavy atom. The molecule has 9 heteroatoms. The van der Waals surface area contributed by atoms with E-state index in [9.17, 15) is 19.2 Å². The number of piperidine rings is 1. The minimum absolute atomic E-state index is 0.0260. The summed E-state index contributed by atoms with van der Waals surface area (Å²) in [5.74, 6) is 0.183. The molecule has 0 aromatic heterocycles. The Bertz CT molecular complexity index is 830. The third kappa shape index (κ3) is 22.0. The van der Waals surface area contributed by atoms with Crippen LogP contribution in [0.4, 0.5) is 0 Å². The van der Waals surface area contributed by atoms with Gasteiger partial charge in [0.25, 0.3) is 0 Å². The molecule has 4 rings (SSSR count). The van der Waals surface area contributed by atoms with Crippen LogP contribution in [0.3, 0.4) is 0 Å². The monoisotopic (exact) mass is 636 g/mol. The molecule has 4 amide bonds. The fraction of sp³-hybridized carbons (Fsp3) is 0.714. The zero-order valence-electron chi connectivity index (χ0n) is 29.3. The molecule has 0 radical (unpaired) electrons. The lowest BCUT2D eigenvalue weighted by Gasteiger charge is -2.27. The number of hydrogen-bond acceptors (Lipinski definition) is 5. The largest absolute Gasteiger partial charge is 0.345 e. The second kappa shape index (κ2) is 29.2. The van der Waals surface area contributed by atoms with E-state index >= 15 is 0 Å². The zero-order valence-corrected chi connectivity index (χ0v) is 30.1. The number of nitrogens with zero attached hydrogens (tertiary/aromatic N) is 2. The van der Waals surface area contributed by atoms with Crippen molar-refractivity contribution in [1.82, 2.24) is 19.8 Å².